The Labute approximate surface area is 261 Å². The van der Waals surface area contributed by atoms with E-state index in [0.29, 0.717) is 17.2 Å². The van der Waals surface area contributed by atoms with Gasteiger partial charge in [0.2, 0.25) is 5.70 Å². The molecule has 0 unspecified atom stereocenters. The number of fused-ring (bicyclic) bond motifs is 2. The van der Waals surface area contributed by atoms with Crippen LogP contribution in [0.5, 0.6) is 0 Å². The molecule has 0 amide bonds. The number of benzene rings is 3. The molecule has 2 aliphatic rings. The van der Waals surface area contributed by atoms with E-state index >= 15 is 0 Å². The summed E-state index contributed by atoms with van der Waals surface area (Å²) in [6, 6.07) is 18.5. The Morgan fingerprint density at radius 2 is 1.24 bits per heavy atom. The lowest BCUT2D eigenvalue weighted by molar-refractivity contribution is -0.137. The van der Waals surface area contributed by atoms with Crippen molar-refractivity contribution in [2.24, 2.45) is 0 Å². The van der Waals surface area contributed by atoms with Gasteiger partial charge in [0.1, 0.15) is 6.07 Å². The Morgan fingerprint density at radius 3 is 1.74 bits per heavy atom. The van der Waals surface area contributed by atoms with Crippen molar-refractivity contribution in [3.63, 3.8) is 0 Å². The monoisotopic (exact) mass is 601 g/mol. The third-order valence-electron chi connectivity index (χ3n) is 7.58. The van der Waals surface area contributed by atoms with Gasteiger partial charge < -0.3 is 0 Å². The molecular formula is C36H14F3N7. The topological polar surface area (TPSA) is 108 Å². The SMILES string of the molecule is [C-]#[N+]C1=C(c2cc(C)cc(C)c2)/C(=C(/C#N)[N+]#[C-])c2cc3c(cc21)/C(=C(/C#N)[N+]#[C-])C(c1ccc(C#N)c(C(F)(F)F)c1)=C3C#N. The van der Waals surface area contributed by atoms with Crippen molar-refractivity contribution in [3.05, 3.63) is 150 Å². The zero-order valence-corrected chi connectivity index (χ0v) is 23.9. The second kappa shape index (κ2) is 11.2. The van der Waals surface area contributed by atoms with Crippen LogP contribution >= 0.6 is 0 Å². The molecule has 0 spiro atoms. The van der Waals surface area contributed by atoms with Crippen LogP contribution < -0.4 is 0 Å². The van der Waals surface area contributed by atoms with Crippen LogP contribution in [0.2, 0.25) is 0 Å². The fraction of sp³-hybridized carbons (Fsp3) is 0.0833. The molecule has 0 radical (unpaired) electrons. The summed E-state index contributed by atoms with van der Waals surface area (Å²) in [5.41, 5.74) is 0.454. The zero-order chi connectivity index (χ0) is 33.5. The van der Waals surface area contributed by atoms with Gasteiger partial charge in [0, 0.05) is 5.57 Å². The Kier molecular flexibility index (Phi) is 7.35. The fourth-order valence-corrected chi connectivity index (χ4v) is 5.92. The first kappa shape index (κ1) is 30.3. The van der Waals surface area contributed by atoms with E-state index < -0.39 is 23.0 Å². The second-order valence-electron chi connectivity index (χ2n) is 10.3. The number of alkyl halides is 3. The fourth-order valence-electron chi connectivity index (χ4n) is 5.92. The van der Waals surface area contributed by atoms with Crippen molar-refractivity contribution in [2.45, 2.75) is 20.0 Å². The molecule has 46 heavy (non-hydrogen) atoms. The molecule has 0 fully saturated rings. The molecular weight excluding hydrogens is 587 g/mol. The summed E-state index contributed by atoms with van der Waals surface area (Å²) < 4.78 is 41.9. The minimum absolute atomic E-state index is 0.0829. The largest absolute Gasteiger partial charge is 0.417 e. The van der Waals surface area contributed by atoms with E-state index in [1.165, 1.54) is 24.3 Å². The van der Waals surface area contributed by atoms with Gasteiger partial charge in [-0.15, -0.1) is 0 Å². The summed E-state index contributed by atoms with van der Waals surface area (Å²) in [4.78, 5) is 10.5. The van der Waals surface area contributed by atoms with E-state index in [0.717, 1.165) is 17.2 Å². The minimum atomic E-state index is -4.92. The molecule has 0 bridgehead atoms. The van der Waals surface area contributed by atoms with Gasteiger partial charge in [0.05, 0.1) is 54.6 Å². The van der Waals surface area contributed by atoms with Gasteiger partial charge >= 0.3 is 6.18 Å². The summed E-state index contributed by atoms with van der Waals surface area (Å²) >= 11 is 0. The third kappa shape index (κ3) is 4.56. The number of allylic oxidation sites excluding steroid dienone is 7. The first-order valence-electron chi connectivity index (χ1n) is 13.2. The van der Waals surface area contributed by atoms with Gasteiger partial charge in [-0.3, -0.25) is 0 Å². The van der Waals surface area contributed by atoms with Crippen molar-refractivity contribution < 1.29 is 13.2 Å². The Balaban J connectivity index is 1.93. The maximum absolute atomic E-state index is 14.0. The Bertz CT molecular complexity index is 2330. The number of hydrogen-bond acceptors (Lipinski definition) is 4. The molecule has 7 nitrogen and oxygen atoms in total. The van der Waals surface area contributed by atoms with Crippen molar-refractivity contribution >= 4 is 33.6 Å². The number of nitrogens with zero attached hydrogens (tertiary/aromatic N) is 7. The molecule has 3 aromatic carbocycles. The summed E-state index contributed by atoms with van der Waals surface area (Å²) in [7, 11) is 0. The van der Waals surface area contributed by atoms with Crippen LogP contribution in [-0.4, -0.2) is 0 Å². The molecule has 3 aromatic rings. The molecule has 0 saturated carbocycles. The lowest BCUT2D eigenvalue weighted by Crippen LogP contribution is -2.08. The van der Waals surface area contributed by atoms with Crippen LogP contribution in [-0.2, 0) is 6.18 Å². The lowest BCUT2D eigenvalue weighted by Gasteiger charge is -2.14. The minimum Gasteiger partial charge on any atom is -0.237 e. The van der Waals surface area contributed by atoms with Crippen molar-refractivity contribution in [1.29, 1.82) is 21.0 Å². The van der Waals surface area contributed by atoms with Crippen molar-refractivity contribution in [1.82, 2.24) is 0 Å². The maximum Gasteiger partial charge on any atom is 0.417 e. The highest BCUT2D eigenvalue weighted by Gasteiger charge is 2.39. The molecule has 0 aliphatic heterocycles. The lowest BCUT2D eigenvalue weighted by atomic mass is 9.91. The highest BCUT2D eigenvalue weighted by atomic mass is 19.4. The first-order valence-corrected chi connectivity index (χ1v) is 13.2. The van der Waals surface area contributed by atoms with Crippen LogP contribution in [0.15, 0.2) is 59.9 Å². The van der Waals surface area contributed by atoms with Gasteiger partial charge in [-0.25, -0.2) is 25.1 Å². The molecule has 10 heteroatoms. The van der Waals surface area contributed by atoms with Crippen LogP contribution in [0.3, 0.4) is 0 Å². The molecule has 0 saturated heterocycles. The molecule has 0 N–H and O–H groups in total. The number of halogens is 3. The first-order chi connectivity index (χ1) is 22.0. The predicted octanol–water partition coefficient (Wildman–Crippen LogP) is 8.75. The predicted molar refractivity (Wildman–Crippen MR) is 163 cm³/mol. The Morgan fingerprint density at radius 1 is 0.674 bits per heavy atom. The molecule has 5 rings (SSSR count). The third-order valence-corrected chi connectivity index (χ3v) is 7.58. The van der Waals surface area contributed by atoms with E-state index in [1.807, 2.05) is 44.2 Å². The van der Waals surface area contributed by atoms with Gasteiger partial charge in [0.25, 0.3) is 11.4 Å². The standard InChI is InChI=1S/C36H14F3N7/c1-18-8-19(2)10-22(9-18)32-34(30(17-43)45-4)25-12-23-24(13-26(25)35(32)46-5)33(29(16-42)44-3)31(27(23)15-41)20-6-7-21(14-40)28(11-20)36(37,38)39/h6-13H,1-2H3/b33-29+,34-30-. The number of rotatable bonds is 2. The number of nitriles is 4. The van der Waals surface area contributed by atoms with Crippen LogP contribution in [0.25, 0.3) is 48.1 Å². The van der Waals surface area contributed by atoms with Crippen LogP contribution in [0.4, 0.5) is 13.2 Å². The smallest absolute Gasteiger partial charge is 0.237 e. The van der Waals surface area contributed by atoms with Gasteiger partial charge in [-0.1, -0.05) is 41.5 Å². The van der Waals surface area contributed by atoms with Gasteiger partial charge in [-0.2, -0.15) is 23.7 Å². The molecule has 0 atom stereocenters. The summed E-state index contributed by atoms with van der Waals surface area (Å²) in [5.74, 6) is 0. The van der Waals surface area contributed by atoms with Gasteiger partial charge in [0.15, 0.2) is 0 Å². The maximum atomic E-state index is 14.0. The molecule has 2 aliphatic carbocycles. The summed E-state index contributed by atoms with van der Waals surface area (Å²) in [5, 5.41) is 39.6. The molecule has 214 valence electrons. The quantitative estimate of drug-likeness (QED) is 0.216. The van der Waals surface area contributed by atoms with E-state index in [1.54, 1.807) is 6.07 Å². The number of aryl methyl sites for hydroxylation is 2. The molecule has 0 heterocycles. The van der Waals surface area contributed by atoms with E-state index in [-0.39, 0.29) is 61.5 Å². The highest BCUT2D eigenvalue weighted by molar-refractivity contribution is 6.29. The van der Waals surface area contributed by atoms with E-state index in [9.17, 15) is 34.2 Å². The zero-order valence-electron chi connectivity index (χ0n) is 23.9. The Hall–Kier alpha value is -7.16. The van der Waals surface area contributed by atoms with E-state index in [4.69, 9.17) is 19.7 Å². The second-order valence-corrected chi connectivity index (χ2v) is 10.3. The number of hydrogen-bond donors (Lipinski definition) is 0. The van der Waals surface area contributed by atoms with Crippen molar-refractivity contribution in [2.75, 3.05) is 0 Å². The van der Waals surface area contributed by atoms with Crippen molar-refractivity contribution in [3.8, 4) is 24.3 Å². The normalized spacial score (nSPS) is 15.3. The van der Waals surface area contributed by atoms with Gasteiger partial charge in [-0.05, 0) is 82.1 Å². The summed E-state index contributed by atoms with van der Waals surface area (Å²) in [6.07, 6.45) is -4.92. The summed E-state index contributed by atoms with van der Waals surface area (Å²) in [6.45, 7) is 27.2. The molecule has 0 aromatic heterocycles. The van der Waals surface area contributed by atoms with Crippen LogP contribution in [0.1, 0.15) is 55.6 Å². The van der Waals surface area contributed by atoms with E-state index in [2.05, 4.69) is 14.5 Å². The highest BCUT2D eigenvalue weighted by Crippen LogP contribution is 2.55. The average Bonchev–Trinajstić information content (AvgIpc) is 3.52. The average molecular weight is 602 g/mol. The van der Waals surface area contributed by atoms with Crippen LogP contribution in [0, 0.1) is 78.9 Å².